The Hall–Kier alpha value is -2.60. The minimum atomic E-state index is -0.166. The summed E-state index contributed by atoms with van der Waals surface area (Å²) in [5.41, 5.74) is 6.69. The number of imidazole rings is 1. The first kappa shape index (κ1) is 14.3. The van der Waals surface area contributed by atoms with E-state index in [1.807, 2.05) is 29.0 Å². The maximum atomic E-state index is 12.4. The molecule has 2 heterocycles. The number of nitrogens with two attached hydrogens (primary N) is 1. The van der Waals surface area contributed by atoms with Gasteiger partial charge in [0.05, 0.1) is 18.2 Å². The van der Waals surface area contributed by atoms with Crippen LogP contribution in [0.5, 0.6) is 5.75 Å². The van der Waals surface area contributed by atoms with Gasteiger partial charge in [-0.05, 0) is 36.6 Å². The number of hydrogen-bond donors (Lipinski definition) is 2. The van der Waals surface area contributed by atoms with Gasteiger partial charge in [0.1, 0.15) is 11.6 Å². The van der Waals surface area contributed by atoms with Crippen LogP contribution >= 0.6 is 0 Å². The molecule has 3 N–H and O–H groups in total. The van der Waals surface area contributed by atoms with Crippen molar-refractivity contribution in [2.45, 2.75) is 13.0 Å². The standard InChI is InChI=1S/C16H18N4O2/c1-22-12-4-3-11-9-13(16(21)19-14(11)10-12)15-18-6-8-20(15)7-2-5-17/h3-4,6,8-10H,2,5,7,17H2,1H3,(H,19,21). The summed E-state index contributed by atoms with van der Waals surface area (Å²) in [4.78, 5) is 19.6. The molecular weight excluding hydrogens is 280 g/mol. The Morgan fingerprint density at radius 1 is 1.36 bits per heavy atom. The number of aromatic nitrogens is 3. The number of aromatic amines is 1. The van der Waals surface area contributed by atoms with Gasteiger partial charge in [0.2, 0.25) is 0 Å². The van der Waals surface area contributed by atoms with Crippen molar-refractivity contribution < 1.29 is 4.74 Å². The second-order valence-electron chi connectivity index (χ2n) is 5.05. The van der Waals surface area contributed by atoms with Crippen LogP contribution in [-0.2, 0) is 6.54 Å². The fraction of sp³-hybridized carbons (Fsp3) is 0.250. The van der Waals surface area contributed by atoms with Crippen molar-refractivity contribution in [3.05, 3.63) is 47.0 Å². The average Bonchev–Trinajstić information content (AvgIpc) is 2.99. The highest BCUT2D eigenvalue weighted by atomic mass is 16.5. The third kappa shape index (κ3) is 2.60. The minimum Gasteiger partial charge on any atom is -0.497 e. The molecule has 3 aromatic rings. The predicted octanol–water partition coefficient (Wildman–Crippen LogP) is 1.75. The molecule has 6 nitrogen and oxygen atoms in total. The zero-order valence-corrected chi connectivity index (χ0v) is 12.4. The fourth-order valence-electron chi connectivity index (χ4n) is 2.47. The second-order valence-corrected chi connectivity index (χ2v) is 5.05. The molecule has 1 aromatic carbocycles. The number of aryl methyl sites for hydroxylation is 1. The summed E-state index contributed by atoms with van der Waals surface area (Å²) in [6.45, 7) is 1.34. The van der Waals surface area contributed by atoms with E-state index in [9.17, 15) is 4.79 Å². The van der Waals surface area contributed by atoms with E-state index in [1.54, 1.807) is 19.4 Å². The van der Waals surface area contributed by atoms with Crippen LogP contribution in [0.25, 0.3) is 22.3 Å². The van der Waals surface area contributed by atoms with Crippen LogP contribution in [0.1, 0.15) is 6.42 Å². The molecule has 0 saturated heterocycles. The number of benzene rings is 1. The number of rotatable bonds is 5. The topological polar surface area (TPSA) is 85.9 Å². The Morgan fingerprint density at radius 2 is 2.23 bits per heavy atom. The Labute approximate surface area is 127 Å². The van der Waals surface area contributed by atoms with Gasteiger partial charge in [-0.3, -0.25) is 4.79 Å². The molecule has 3 rings (SSSR count). The van der Waals surface area contributed by atoms with Crippen molar-refractivity contribution >= 4 is 10.9 Å². The molecule has 2 aromatic heterocycles. The largest absolute Gasteiger partial charge is 0.497 e. The van der Waals surface area contributed by atoms with Gasteiger partial charge in [0.15, 0.2) is 0 Å². The zero-order chi connectivity index (χ0) is 15.5. The summed E-state index contributed by atoms with van der Waals surface area (Å²) in [6, 6.07) is 7.45. The third-order valence-corrected chi connectivity index (χ3v) is 3.61. The molecule has 0 fully saturated rings. The van der Waals surface area contributed by atoms with E-state index in [0.29, 0.717) is 23.7 Å². The van der Waals surface area contributed by atoms with E-state index in [4.69, 9.17) is 10.5 Å². The van der Waals surface area contributed by atoms with E-state index in [2.05, 4.69) is 9.97 Å². The van der Waals surface area contributed by atoms with Crippen LogP contribution in [0.4, 0.5) is 0 Å². The quantitative estimate of drug-likeness (QED) is 0.751. The van der Waals surface area contributed by atoms with Crippen molar-refractivity contribution in [2.75, 3.05) is 13.7 Å². The monoisotopic (exact) mass is 298 g/mol. The molecule has 0 atom stereocenters. The molecular formula is C16H18N4O2. The van der Waals surface area contributed by atoms with Gasteiger partial charge in [-0.2, -0.15) is 0 Å². The molecule has 0 aliphatic heterocycles. The third-order valence-electron chi connectivity index (χ3n) is 3.61. The normalized spacial score (nSPS) is 11.0. The number of ether oxygens (including phenoxy) is 1. The first-order valence-corrected chi connectivity index (χ1v) is 7.15. The van der Waals surface area contributed by atoms with E-state index in [-0.39, 0.29) is 5.56 Å². The number of pyridine rings is 1. The Balaban J connectivity index is 2.10. The summed E-state index contributed by atoms with van der Waals surface area (Å²) < 4.78 is 7.13. The summed E-state index contributed by atoms with van der Waals surface area (Å²) in [5, 5.41) is 0.934. The molecule has 0 spiro atoms. The number of H-pyrrole nitrogens is 1. The van der Waals surface area contributed by atoms with Crippen LogP contribution in [0.2, 0.25) is 0 Å². The molecule has 0 saturated carbocycles. The smallest absolute Gasteiger partial charge is 0.259 e. The average molecular weight is 298 g/mol. The lowest BCUT2D eigenvalue weighted by atomic mass is 10.1. The van der Waals surface area contributed by atoms with Crippen molar-refractivity contribution in [3.63, 3.8) is 0 Å². The lowest BCUT2D eigenvalue weighted by Crippen LogP contribution is -2.13. The molecule has 6 heteroatoms. The van der Waals surface area contributed by atoms with Gasteiger partial charge < -0.3 is 20.0 Å². The van der Waals surface area contributed by atoms with E-state index in [0.717, 1.165) is 23.9 Å². The van der Waals surface area contributed by atoms with Crippen molar-refractivity contribution in [1.29, 1.82) is 0 Å². The van der Waals surface area contributed by atoms with Crippen molar-refractivity contribution in [3.8, 4) is 17.1 Å². The second kappa shape index (κ2) is 6.03. The van der Waals surface area contributed by atoms with Crippen molar-refractivity contribution in [2.24, 2.45) is 5.73 Å². The van der Waals surface area contributed by atoms with Crippen molar-refractivity contribution in [1.82, 2.24) is 14.5 Å². The van der Waals surface area contributed by atoms with E-state index >= 15 is 0 Å². The van der Waals surface area contributed by atoms with Crippen LogP contribution in [-0.4, -0.2) is 28.2 Å². The lowest BCUT2D eigenvalue weighted by molar-refractivity contribution is 0.415. The Morgan fingerprint density at radius 3 is 3.00 bits per heavy atom. The first-order valence-electron chi connectivity index (χ1n) is 7.15. The maximum absolute atomic E-state index is 12.4. The Kier molecular flexibility index (Phi) is 3.93. The molecule has 0 bridgehead atoms. The van der Waals surface area contributed by atoms with E-state index in [1.165, 1.54) is 0 Å². The predicted molar refractivity (Wildman–Crippen MR) is 86.0 cm³/mol. The van der Waals surface area contributed by atoms with Gasteiger partial charge in [0.25, 0.3) is 5.56 Å². The van der Waals surface area contributed by atoms with Gasteiger partial charge in [-0.25, -0.2) is 4.98 Å². The summed E-state index contributed by atoms with van der Waals surface area (Å²) >= 11 is 0. The number of hydrogen-bond acceptors (Lipinski definition) is 4. The van der Waals surface area contributed by atoms with E-state index < -0.39 is 0 Å². The highest BCUT2D eigenvalue weighted by Gasteiger charge is 2.11. The van der Waals surface area contributed by atoms with Crippen LogP contribution < -0.4 is 16.0 Å². The number of nitrogens with zero attached hydrogens (tertiary/aromatic N) is 2. The SMILES string of the molecule is COc1ccc2cc(-c3nccn3CCCN)c(=O)[nH]c2c1. The van der Waals surface area contributed by atoms with Crippen LogP contribution in [0, 0.1) is 0 Å². The lowest BCUT2D eigenvalue weighted by Gasteiger charge is -2.08. The van der Waals surface area contributed by atoms with Gasteiger partial charge in [0, 0.05) is 25.0 Å². The zero-order valence-electron chi connectivity index (χ0n) is 12.4. The van der Waals surface area contributed by atoms with Crippen LogP contribution in [0.3, 0.4) is 0 Å². The van der Waals surface area contributed by atoms with Gasteiger partial charge in [-0.15, -0.1) is 0 Å². The molecule has 0 radical (unpaired) electrons. The summed E-state index contributed by atoms with van der Waals surface area (Å²) in [7, 11) is 1.60. The molecule has 0 amide bonds. The molecule has 114 valence electrons. The maximum Gasteiger partial charge on any atom is 0.259 e. The Bertz CT molecular complexity index is 851. The molecule has 22 heavy (non-hydrogen) atoms. The highest BCUT2D eigenvalue weighted by Crippen LogP contribution is 2.22. The first-order chi connectivity index (χ1) is 10.7. The number of nitrogens with one attached hydrogen (secondary N) is 1. The van der Waals surface area contributed by atoms with Gasteiger partial charge >= 0.3 is 0 Å². The number of fused-ring (bicyclic) bond motifs is 1. The fourth-order valence-corrected chi connectivity index (χ4v) is 2.47. The minimum absolute atomic E-state index is 0.166. The molecule has 0 aliphatic rings. The highest BCUT2D eigenvalue weighted by molar-refractivity contribution is 5.83. The van der Waals surface area contributed by atoms with Gasteiger partial charge in [-0.1, -0.05) is 0 Å². The van der Waals surface area contributed by atoms with Crippen LogP contribution in [0.15, 0.2) is 41.5 Å². The number of methoxy groups -OCH3 is 1. The molecule has 0 aliphatic carbocycles. The molecule has 0 unspecified atom stereocenters. The summed E-state index contributed by atoms with van der Waals surface area (Å²) in [5.74, 6) is 1.37. The summed E-state index contributed by atoms with van der Waals surface area (Å²) in [6.07, 6.45) is 4.40.